The van der Waals surface area contributed by atoms with Crippen LogP contribution in [0.5, 0.6) is 17.5 Å². The number of aromatic nitrogens is 3. The van der Waals surface area contributed by atoms with Crippen LogP contribution in [0.2, 0.25) is 0 Å². The van der Waals surface area contributed by atoms with Crippen LogP contribution in [-0.4, -0.2) is 24.3 Å². The Morgan fingerprint density at radius 3 is 2.60 bits per heavy atom. The number of phenolic OH excluding ortho intramolecular Hbond substituents is 2. The average Bonchev–Trinajstić information content (AvgIpc) is 3.24. The molecule has 4 N–H and O–H groups in total. The molecule has 2 heterocycles. The van der Waals surface area contributed by atoms with Gasteiger partial charge in [0.2, 0.25) is 0 Å². The minimum atomic E-state index is -0.0584. The van der Waals surface area contributed by atoms with Crippen molar-refractivity contribution >= 4 is 10.9 Å². The van der Waals surface area contributed by atoms with Crippen LogP contribution in [0.15, 0.2) is 61.3 Å². The lowest BCUT2D eigenvalue weighted by molar-refractivity contribution is 0.383. The molecule has 7 nitrogen and oxygen atoms in total. The fraction of sp³-hybridized carbons (Fsp3) is 0.174. The van der Waals surface area contributed by atoms with Crippen LogP contribution >= 0.6 is 0 Å². The van der Waals surface area contributed by atoms with Crippen molar-refractivity contribution in [1.29, 1.82) is 0 Å². The average molecular weight is 404 g/mol. The zero-order chi connectivity index (χ0) is 21.6. The molecule has 4 rings (SSSR count). The van der Waals surface area contributed by atoms with Gasteiger partial charge in [0.05, 0.1) is 17.6 Å². The number of nitrogens with zero attached hydrogens (tertiary/aromatic N) is 3. The van der Waals surface area contributed by atoms with Crippen LogP contribution in [0.3, 0.4) is 0 Å². The second-order valence-electron chi connectivity index (χ2n) is 7.58. The lowest BCUT2D eigenvalue weighted by atomic mass is 9.97. The van der Waals surface area contributed by atoms with Gasteiger partial charge in [0, 0.05) is 35.8 Å². The van der Waals surface area contributed by atoms with Gasteiger partial charge in [-0.3, -0.25) is 4.57 Å². The number of aryl methyl sites for hydroxylation is 1. The van der Waals surface area contributed by atoms with Gasteiger partial charge in [0.1, 0.15) is 11.5 Å². The highest BCUT2D eigenvalue weighted by molar-refractivity contribution is 5.83. The molecule has 0 aliphatic rings. The Bertz CT molecular complexity index is 1270. The van der Waals surface area contributed by atoms with E-state index >= 15 is 0 Å². The van der Waals surface area contributed by atoms with Gasteiger partial charge < -0.3 is 25.3 Å². The number of hydrogen-bond donors (Lipinski definition) is 3. The van der Waals surface area contributed by atoms with Crippen LogP contribution in [-0.2, 0) is 7.05 Å². The van der Waals surface area contributed by atoms with E-state index in [2.05, 4.69) is 11.6 Å². The van der Waals surface area contributed by atoms with Gasteiger partial charge in [-0.15, -0.1) is 0 Å². The summed E-state index contributed by atoms with van der Waals surface area (Å²) in [5, 5.41) is 21.9. The lowest BCUT2D eigenvalue weighted by Crippen LogP contribution is -2.08. The van der Waals surface area contributed by atoms with Crippen molar-refractivity contribution in [3.8, 4) is 34.5 Å². The van der Waals surface area contributed by atoms with Crippen LogP contribution in [0.1, 0.15) is 25.3 Å². The third-order valence-corrected chi connectivity index (χ3v) is 5.12. The first kappa shape index (κ1) is 19.4. The van der Waals surface area contributed by atoms with E-state index in [0.717, 1.165) is 22.2 Å². The Morgan fingerprint density at radius 1 is 1.13 bits per heavy atom. The van der Waals surface area contributed by atoms with Crippen molar-refractivity contribution in [3.05, 3.63) is 66.8 Å². The zero-order valence-corrected chi connectivity index (χ0v) is 17.1. The summed E-state index contributed by atoms with van der Waals surface area (Å²) in [4.78, 5) is 4.35. The number of benzene rings is 2. The molecule has 2 aromatic heterocycles. The first-order chi connectivity index (χ1) is 14.3. The fourth-order valence-corrected chi connectivity index (χ4v) is 3.63. The van der Waals surface area contributed by atoms with Crippen molar-refractivity contribution in [2.45, 2.75) is 19.8 Å². The SMILES string of the molecule is C=C(N)Oc1ncc(-c2cc(C(C)C)c(O)cc2O)n1-c1ccc2c(ccn2C)c1. The molecule has 0 unspecified atom stereocenters. The molecule has 0 bridgehead atoms. The summed E-state index contributed by atoms with van der Waals surface area (Å²) < 4.78 is 9.36. The minimum Gasteiger partial charge on any atom is -0.508 e. The maximum atomic E-state index is 10.6. The number of rotatable bonds is 5. The number of nitrogens with two attached hydrogens (primary N) is 1. The molecule has 0 radical (unpaired) electrons. The van der Waals surface area contributed by atoms with Gasteiger partial charge in [-0.05, 0) is 48.4 Å². The van der Waals surface area contributed by atoms with Gasteiger partial charge in [0.15, 0.2) is 5.88 Å². The molecule has 0 fully saturated rings. The van der Waals surface area contributed by atoms with Crippen LogP contribution in [0, 0.1) is 0 Å². The normalized spacial score (nSPS) is 11.3. The molecule has 0 spiro atoms. The third-order valence-electron chi connectivity index (χ3n) is 5.12. The fourth-order valence-electron chi connectivity index (χ4n) is 3.63. The molecule has 0 aliphatic carbocycles. The van der Waals surface area contributed by atoms with E-state index in [4.69, 9.17) is 10.5 Å². The maximum absolute atomic E-state index is 10.6. The Hall–Kier alpha value is -3.87. The predicted molar refractivity (Wildman–Crippen MR) is 117 cm³/mol. The molecule has 7 heteroatoms. The summed E-state index contributed by atoms with van der Waals surface area (Å²) in [6.07, 6.45) is 3.59. The Morgan fingerprint density at radius 2 is 1.90 bits per heavy atom. The number of phenols is 2. The highest BCUT2D eigenvalue weighted by Crippen LogP contribution is 2.40. The highest BCUT2D eigenvalue weighted by atomic mass is 16.5. The molecule has 0 saturated heterocycles. The maximum Gasteiger partial charge on any atom is 0.308 e. The highest BCUT2D eigenvalue weighted by Gasteiger charge is 2.21. The summed E-state index contributed by atoms with van der Waals surface area (Å²) in [6, 6.07) is 11.3. The third kappa shape index (κ3) is 3.24. The van der Waals surface area contributed by atoms with Crippen LogP contribution < -0.4 is 10.5 Å². The molecular formula is C23H24N4O3. The van der Waals surface area contributed by atoms with Crippen LogP contribution in [0.25, 0.3) is 27.8 Å². The van der Waals surface area contributed by atoms with Gasteiger partial charge in [-0.2, -0.15) is 0 Å². The van der Waals surface area contributed by atoms with Crippen molar-refractivity contribution in [2.75, 3.05) is 0 Å². The quantitative estimate of drug-likeness (QED) is 0.429. The second kappa shape index (κ2) is 7.18. The van der Waals surface area contributed by atoms with E-state index in [-0.39, 0.29) is 29.3 Å². The minimum absolute atomic E-state index is 0.00647. The van der Waals surface area contributed by atoms with Gasteiger partial charge >= 0.3 is 6.01 Å². The molecule has 4 aromatic rings. The van der Waals surface area contributed by atoms with Gasteiger partial charge in [-0.1, -0.05) is 13.8 Å². The van der Waals surface area contributed by atoms with Crippen molar-refractivity contribution in [2.24, 2.45) is 12.8 Å². The molecule has 2 aromatic carbocycles. The number of ether oxygens (including phenoxy) is 1. The van der Waals surface area contributed by atoms with Crippen LogP contribution in [0.4, 0.5) is 0 Å². The summed E-state index contributed by atoms with van der Waals surface area (Å²) in [5.74, 6) is 0.0692. The lowest BCUT2D eigenvalue weighted by Gasteiger charge is -2.16. The monoisotopic (exact) mass is 404 g/mol. The number of hydrogen-bond acceptors (Lipinski definition) is 5. The Labute approximate surface area is 174 Å². The molecule has 30 heavy (non-hydrogen) atoms. The molecule has 0 atom stereocenters. The summed E-state index contributed by atoms with van der Waals surface area (Å²) in [6.45, 7) is 7.55. The first-order valence-electron chi connectivity index (χ1n) is 9.58. The molecular weight excluding hydrogens is 380 g/mol. The summed E-state index contributed by atoms with van der Waals surface area (Å²) >= 11 is 0. The largest absolute Gasteiger partial charge is 0.508 e. The van der Waals surface area contributed by atoms with E-state index < -0.39 is 0 Å². The standard InChI is InChI=1S/C23H24N4O3/c1-13(2)17-10-18(22(29)11-21(17)28)20-12-25-23(30-14(3)24)27(20)16-5-6-19-15(9-16)7-8-26(19)4/h5-13,28-29H,3,24H2,1-2,4H3. The first-order valence-corrected chi connectivity index (χ1v) is 9.58. The summed E-state index contributed by atoms with van der Waals surface area (Å²) in [7, 11) is 1.99. The van der Waals surface area contributed by atoms with E-state index in [1.807, 2.05) is 55.9 Å². The smallest absolute Gasteiger partial charge is 0.308 e. The van der Waals surface area contributed by atoms with E-state index in [9.17, 15) is 10.2 Å². The molecule has 0 aliphatic heterocycles. The van der Waals surface area contributed by atoms with E-state index in [1.54, 1.807) is 16.8 Å². The van der Waals surface area contributed by atoms with E-state index in [0.29, 0.717) is 11.3 Å². The number of aromatic hydroxyl groups is 2. The topological polar surface area (TPSA) is 98.5 Å². The van der Waals surface area contributed by atoms with Crippen molar-refractivity contribution in [1.82, 2.24) is 14.1 Å². The van der Waals surface area contributed by atoms with Gasteiger partial charge in [0.25, 0.3) is 0 Å². The molecule has 0 saturated carbocycles. The van der Waals surface area contributed by atoms with Crippen molar-refractivity contribution < 1.29 is 14.9 Å². The Balaban J connectivity index is 1.97. The summed E-state index contributed by atoms with van der Waals surface area (Å²) in [5.41, 5.74) is 9.39. The Kier molecular flexibility index (Phi) is 4.66. The van der Waals surface area contributed by atoms with Gasteiger partial charge in [-0.25, -0.2) is 4.98 Å². The van der Waals surface area contributed by atoms with E-state index in [1.165, 1.54) is 6.07 Å². The van der Waals surface area contributed by atoms with Crippen molar-refractivity contribution in [3.63, 3.8) is 0 Å². The molecule has 0 amide bonds. The molecule has 154 valence electrons. The second-order valence-corrected chi connectivity index (χ2v) is 7.58. The number of imidazole rings is 1. The predicted octanol–water partition coefficient (Wildman–Crippen LogP) is 4.37. The number of fused-ring (bicyclic) bond motifs is 1. The zero-order valence-electron chi connectivity index (χ0n) is 17.1.